The van der Waals surface area contributed by atoms with E-state index in [-0.39, 0.29) is 0 Å². The maximum absolute atomic E-state index is 10.4. The van der Waals surface area contributed by atoms with E-state index in [4.69, 9.17) is 43.8 Å². The second-order valence-electron chi connectivity index (χ2n) is 6.83. The molecule has 35 heavy (non-hydrogen) atoms. The largest absolute Gasteiger partial charge is 0.500 e. The molecule has 0 aliphatic rings. The molecule has 0 aromatic heterocycles. The zero-order valence-electron chi connectivity index (χ0n) is 22.9. The van der Waals surface area contributed by atoms with Crippen LogP contribution >= 0.6 is 0 Å². The van der Waals surface area contributed by atoms with Crippen LogP contribution in [0.4, 0.5) is 4.79 Å². The van der Waals surface area contributed by atoms with E-state index in [1.807, 2.05) is 37.3 Å². The Hall–Kier alpha value is -1.40. The summed E-state index contributed by atoms with van der Waals surface area (Å²) in [5, 5.41) is 2.48. The summed E-state index contributed by atoms with van der Waals surface area (Å²) in [6.07, 6.45) is 1.74. The van der Waals surface area contributed by atoms with Crippen LogP contribution in [-0.2, 0) is 33.1 Å². The SMILES string of the molecule is CCC[Si](OC)(OC)OC.CCN.CO[Si](CCCNC(N)=O)(OC)OC.NCc1ccccc1. The second kappa shape index (κ2) is 25.7. The van der Waals surface area contributed by atoms with Crippen LogP contribution in [-0.4, -0.2) is 79.4 Å². The van der Waals surface area contributed by atoms with Gasteiger partial charge in [-0.15, -0.1) is 0 Å². The van der Waals surface area contributed by atoms with E-state index < -0.39 is 23.6 Å². The van der Waals surface area contributed by atoms with Gasteiger partial charge in [0.2, 0.25) is 0 Å². The smallest absolute Gasteiger partial charge is 0.377 e. The molecule has 0 radical (unpaired) electrons. The molecule has 0 fully saturated rings. The number of carbonyl (C=O) groups excluding carboxylic acids is 1. The maximum atomic E-state index is 10.4. The van der Waals surface area contributed by atoms with Crippen molar-refractivity contribution in [3.05, 3.63) is 35.9 Å². The van der Waals surface area contributed by atoms with Crippen LogP contribution in [0.25, 0.3) is 0 Å². The third kappa shape index (κ3) is 20.5. The number of hydrogen-bond acceptors (Lipinski definition) is 9. The summed E-state index contributed by atoms with van der Waals surface area (Å²) in [4.78, 5) is 10.4. The summed E-state index contributed by atoms with van der Waals surface area (Å²) in [5.74, 6) is 0. The first-order valence-corrected chi connectivity index (χ1v) is 15.3. The Bertz CT molecular complexity index is 566. The molecule has 208 valence electrons. The number of nitrogens with one attached hydrogen (secondary N) is 1. The predicted molar refractivity (Wildman–Crippen MR) is 145 cm³/mol. The molecule has 0 atom stereocenters. The Kier molecular flexibility index (Phi) is 28.0. The first kappa shape index (κ1) is 38.1. The quantitative estimate of drug-likeness (QED) is 0.218. The lowest BCUT2D eigenvalue weighted by atomic mass is 10.2. The van der Waals surface area contributed by atoms with E-state index in [9.17, 15) is 4.79 Å². The van der Waals surface area contributed by atoms with Crippen molar-refractivity contribution in [2.45, 2.75) is 45.3 Å². The van der Waals surface area contributed by atoms with Crippen molar-refractivity contribution < 1.29 is 31.4 Å². The van der Waals surface area contributed by atoms with Crippen LogP contribution in [0.2, 0.25) is 12.1 Å². The monoisotopic (exact) mass is 538 g/mol. The molecule has 0 bridgehead atoms. The van der Waals surface area contributed by atoms with Crippen LogP contribution in [0.5, 0.6) is 0 Å². The number of urea groups is 1. The minimum atomic E-state index is -2.48. The maximum Gasteiger partial charge on any atom is 0.500 e. The number of rotatable bonds is 13. The third-order valence-corrected chi connectivity index (χ3v) is 10.3. The third-order valence-electron chi connectivity index (χ3n) is 4.46. The fourth-order valence-corrected chi connectivity index (χ4v) is 6.00. The molecule has 1 aromatic carbocycles. The highest BCUT2D eigenvalue weighted by Crippen LogP contribution is 2.14. The summed E-state index contributed by atoms with van der Waals surface area (Å²) in [5.41, 5.74) is 16.3. The Morgan fingerprint density at radius 2 is 1.20 bits per heavy atom. The zero-order valence-corrected chi connectivity index (χ0v) is 24.9. The summed E-state index contributed by atoms with van der Waals surface area (Å²) < 4.78 is 31.1. The molecule has 0 aliphatic carbocycles. The number of amides is 2. The van der Waals surface area contributed by atoms with Crippen LogP contribution < -0.4 is 22.5 Å². The van der Waals surface area contributed by atoms with Crippen LogP contribution in [0.3, 0.4) is 0 Å². The van der Waals surface area contributed by atoms with Crippen molar-refractivity contribution >= 4 is 23.6 Å². The van der Waals surface area contributed by atoms with E-state index in [2.05, 4.69) is 12.2 Å². The van der Waals surface area contributed by atoms with Gasteiger partial charge in [-0.3, -0.25) is 0 Å². The number of hydrogen-bond donors (Lipinski definition) is 4. The van der Waals surface area contributed by atoms with Gasteiger partial charge in [0.1, 0.15) is 0 Å². The highest BCUT2D eigenvalue weighted by atomic mass is 28.4. The Balaban J connectivity index is -0.000000428. The van der Waals surface area contributed by atoms with Gasteiger partial charge in [0.05, 0.1) is 0 Å². The molecule has 0 aliphatic heterocycles. The molecule has 0 saturated heterocycles. The minimum Gasteiger partial charge on any atom is -0.377 e. The lowest BCUT2D eigenvalue weighted by molar-refractivity contribution is 0.122. The number of nitrogens with two attached hydrogens (primary N) is 3. The van der Waals surface area contributed by atoms with Crippen molar-refractivity contribution in [3.8, 4) is 0 Å². The standard InChI is InChI=1S/C7H18N2O4Si.C7H9N.C6H16O3Si.C2H7N/c1-11-14(12-2,13-3)6-4-5-9-7(8)10;8-6-7-4-2-1-3-5-7;1-5-6-10(7-2,8-3)9-4;1-2-3/h4-6H2,1-3H3,(H3,8,9,10);1-5H,6,8H2;5-6H2,1-4H3;2-3H2,1H3. The van der Waals surface area contributed by atoms with E-state index in [0.717, 1.165) is 19.0 Å². The molecule has 1 aromatic rings. The highest BCUT2D eigenvalue weighted by molar-refractivity contribution is 6.60. The van der Waals surface area contributed by atoms with Gasteiger partial charge < -0.3 is 49.1 Å². The van der Waals surface area contributed by atoms with Gasteiger partial charge in [-0.05, 0) is 18.5 Å². The molecule has 1 rings (SSSR count). The first-order chi connectivity index (χ1) is 16.7. The Morgan fingerprint density at radius 3 is 1.46 bits per heavy atom. The average Bonchev–Trinajstić information content (AvgIpc) is 2.89. The van der Waals surface area contributed by atoms with E-state index in [0.29, 0.717) is 25.6 Å². The Labute approximate surface area is 214 Å². The normalized spacial score (nSPS) is 10.6. The minimum absolute atomic E-state index is 0.500. The fraction of sp³-hybridized carbons (Fsp3) is 0.682. The van der Waals surface area contributed by atoms with Crippen molar-refractivity contribution in [2.24, 2.45) is 17.2 Å². The van der Waals surface area contributed by atoms with Crippen LogP contribution in [0.1, 0.15) is 32.3 Å². The topological polar surface area (TPSA) is 163 Å². The number of carbonyl (C=O) groups is 1. The Morgan fingerprint density at radius 1 is 0.800 bits per heavy atom. The molecular weight excluding hydrogens is 488 g/mol. The number of benzene rings is 1. The van der Waals surface area contributed by atoms with Crippen LogP contribution in [0, 0.1) is 0 Å². The molecule has 0 unspecified atom stereocenters. The van der Waals surface area contributed by atoms with Gasteiger partial charge in [0.15, 0.2) is 0 Å². The molecule has 11 nitrogen and oxygen atoms in total. The van der Waals surface area contributed by atoms with E-state index in [1.165, 1.54) is 5.56 Å². The van der Waals surface area contributed by atoms with Gasteiger partial charge in [-0.2, -0.15) is 0 Å². The molecule has 7 N–H and O–H groups in total. The molecular formula is C22H50N4O7Si2. The van der Waals surface area contributed by atoms with Gasteiger partial charge in [0.25, 0.3) is 0 Å². The van der Waals surface area contributed by atoms with E-state index >= 15 is 0 Å². The van der Waals surface area contributed by atoms with Gasteiger partial charge >= 0.3 is 23.6 Å². The van der Waals surface area contributed by atoms with Crippen molar-refractivity contribution in [3.63, 3.8) is 0 Å². The molecule has 13 heteroatoms. The van der Waals surface area contributed by atoms with Crippen molar-refractivity contribution in [2.75, 3.05) is 55.7 Å². The summed E-state index contributed by atoms with van der Waals surface area (Å²) in [7, 11) is 4.87. The average molecular weight is 539 g/mol. The van der Waals surface area contributed by atoms with Crippen molar-refractivity contribution in [1.29, 1.82) is 0 Å². The summed E-state index contributed by atoms with van der Waals surface area (Å²) >= 11 is 0. The molecule has 0 spiro atoms. The predicted octanol–water partition coefficient (Wildman–Crippen LogP) is 2.31. The molecule has 2 amide bonds. The summed E-state index contributed by atoms with van der Waals surface area (Å²) in [6, 6.07) is 11.0. The van der Waals surface area contributed by atoms with Gasteiger partial charge in [0, 0.05) is 67.8 Å². The second-order valence-corrected chi connectivity index (χ2v) is 13.0. The lowest BCUT2D eigenvalue weighted by Gasteiger charge is -2.24. The van der Waals surface area contributed by atoms with E-state index in [1.54, 1.807) is 42.7 Å². The van der Waals surface area contributed by atoms with Crippen LogP contribution in [0.15, 0.2) is 30.3 Å². The fourth-order valence-electron chi connectivity index (χ4n) is 2.55. The van der Waals surface area contributed by atoms with Gasteiger partial charge in [-0.25, -0.2) is 4.79 Å². The lowest BCUT2D eigenvalue weighted by Crippen LogP contribution is -2.43. The van der Waals surface area contributed by atoms with Crippen molar-refractivity contribution in [1.82, 2.24) is 5.32 Å². The number of primary amides is 1. The molecule has 0 saturated carbocycles. The van der Waals surface area contributed by atoms with Gasteiger partial charge in [-0.1, -0.05) is 50.6 Å². The first-order valence-electron chi connectivity index (χ1n) is 11.5. The summed E-state index contributed by atoms with van der Waals surface area (Å²) in [6.45, 7) is 5.87. The molecule has 0 heterocycles. The zero-order chi connectivity index (χ0) is 27.6. The highest BCUT2D eigenvalue weighted by Gasteiger charge is 2.37.